The molecule has 0 saturated carbocycles. The number of aromatic nitrogens is 2. The van der Waals surface area contributed by atoms with Crippen LogP contribution >= 0.6 is 0 Å². The van der Waals surface area contributed by atoms with Crippen molar-refractivity contribution in [3.05, 3.63) is 16.3 Å². The molecule has 6 heteroatoms. The van der Waals surface area contributed by atoms with Gasteiger partial charge in [-0.25, -0.2) is 4.68 Å². The molecule has 1 heterocycles. The number of rotatable bonds is 3. The molecular formula is C8H10N4O2. The summed E-state index contributed by atoms with van der Waals surface area (Å²) in [6, 6.07) is 0. The Hall–Kier alpha value is -2.03. The topological polar surface area (TPSA) is 87.0 Å². The van der Waals surface area contributed by atoms with Crippen molar-refractivity contribution >= 4 is 11.5 Å². The van der Waals surface area contributed by atoms with Crippen molar-refractivity contribution < 1.29 is 4.92 Å². The molecule has 0 unspecified atom stereocenters. The van der Waals surface area contributed by atoms with E-state index in [4.69, 9.17) is 5.73 Å². The van der Waals surface area contributed by atoms with Crippen LogP contribution in [0.4, 0.5) is 11.5 Å². The molecule has 0 saturated heterocycles. The number of nitrogen functional groups attached to an aromatic ring is 1. The highest BCUT2D eigenvalue weighted by Crippen LogP contribution is 2.19. The zero-order valence-electron chi connectivity index (χ0n) is 7.73. The van der Waals surface area contributed by atoms with E-state index in [-0.39, 0.29) is 11.5 Å². The maximum atomic E-state index is 10.4. The summed E-state index contributed by atoms with van der Waals surface area (Å²) in [7, 11) is 0. The zero-order valence-corrected chi connectivity index (χ0v) is 7.73. The first-order chi connectivity index (χ1) is 6.66. The molecule has 0 aliphatic carbocycles. The largest absolute Gasteiger partial charge is 0.378 e. The quantitative estimate of drug-likeness (QED) is 0.437. The Bertz CT molecular complexity index is 399. The van der Waals surface area contributed by atoms with Gasteiger partial charge in [0.2, 0.25) is 5.82 Å². The second-order valence-corrected chi connectivity index (χ2v) is 2.57. The lowest BCUT2D eigenvalue weighted by molar-refractivity contribution is -0.384. The summed E-state index contributed by atoms with van der Waals surface area (Å²) in [6.07, 6.45) is 1.73. The average Bonchev–Trinajstić information content (AvgIpc) is 2.48. The van der Waals surface area contributed by atoms with Gasteiger partial charge in [0.1, 0.15) is 6.20 Å². The number of aryl methyl sites for hydroxylation is 1. The number of nitrogens with zero attached hydrogens (tertiary/aromatic N) is 3. The lowest BCUT2D eigenvalue weighted by atomic mass is 10.4. The summed E-state index contributed by atoms with van der Waals surface area (Å²) in [5.41, 5.74) is 5.34. The molecule has 14 heavy (non-hydrogen) atoms. The van der Waals surface area contributed by atoms with E-state index < -0.39 is 4.92 Å². The summed E-state index contributed by atoms with van der Waals surface area (Å²) < 4.78 is 1.38. The van der Waals surface area contributed by atoms with Gasteiger partial charge >= 0.3 is 5.69 Å². The molecule has 2 N–H and O–H groups in total. The minimum Gasteiger partial charge on any atom is -0.378 e. The Labute approximate surface area is 80.9 Å². The molecule has 6 nitrogen and oxygen atoms in total. The maximum Gasteiger partial charge on any atom is 0.330 e. The van der Waals surface area contributed by atoms with Crippen LogP contribution in [0, 0.1) is 22.0 Å². The van der Waals surface area contributed by atoms with Crippen LogP contribution in [0.2, 0.25) is 0 Å². The highest BCUT2D eigenvalue weighted by Gasteiger charge is 2.16. The van der Waals surface area contributed by atoms with Crippen molar-refractivity contribution in [3.63, 3.8) is 0 Å². The van der Waals surface area contributed by atoms with E-state index in [0.717, 1.165) is 6.20 Å². The minimum absolute atomic E-state index is 0.0768. The third-order valence-electron chi connectivity index (χ3n) is 1.68. The summed E-state index contributed by atoms with van der Waals surface area (Å²) in [5.74, 6) is 5.62. The van der Waals surface area contributed by atoms with Gasteiger partial charge in [0.25, 0.3) is 0 Å². The van der Waals surface area contributed by atoms with Crippen LogP contribution in [-0.4, -0.2) is 14.7 Å². The average molecular weight is 194 g/mol. The fourth-order valence-electron chi connectivity index (χ4n) is 0.991. The van der Waals surface area contributed by atoms with Gasteiger partial charge in [-0.2, -0.15) is 5.10 Å². The number of nitro groups is 1. The lowest BCUT2D eigenvalue weighted by Gasteiger charge is -1.98. The molecule has 0 aliphatic rings. The summed E-state index contributed by atoms with van der Waals surface area (Å²) >= 11 is 0. The Morgan fingerprint density at radius 1 is 1.79 bits per heavy atom. The van der Waals surface area contributed by atoms with Gasteiger partial charge in [0.15, 0.2) is 0 Å². The summed E-state index contributed by atoms with van der Waals surface area (Å²) in [6.45, 7) is 2.20. The number of hydrogen-bond acceptors (Lipinski definition) is 4. The molecule has 0 aromatic carbocycles. The van der Waals surface area contributed by atoms with Crippen LogP contribution in [-0.2, 0) is 6.54 Å². The molecule has 0 atom stereocenters. The van der Waals surface area contributed by atoms with Crippen LogP contribution in [0.5, 0.6) is 0 Å². The molecule has 0 spiro atoms. The first kappa shape index (κ1) is 10.1. The van der Waals surface area contributed by atoms with Crippen molar-refractivity contribution in [2.45, 2.75) is 19.9 Å². The fourth-order valence-corrected chi connectivity index (χ4v) is 0.991. The Kier molecular flexibility index (Phi) is 3.07. The number of hydrogen-bond donors (Lipinski definition) is 1. The van der Waals surface area contributed by atoms with Crippen molar-refractivity contribution in [2.24, 2.45) is 0 Å². The molecule has 1 aromatic heterocycles. The van der Waals surface area contributed by atoms with E-state index in [9.17, 15) is 10.1 Å². The van der Waals surface area contributed by atoms with Gasteiger partial charge in [0, 0.05) is 6.42 Å². The summed E-state index contributed by atoms with van der Waals surface area (Å²) in [4.78, 5) is 9.86. The van der Waals surface area contributed by atoms with Crippen LogP contribution in [0.3, 0.4) is 0 Å². The van der Waals surface area contributed by atoms with Crippen LogP contribution < -0.4 is 5.73 Å². The van der Waals surface area contributed by atoms with Gasteiger partial charge in [-0.15, -0.1) is 11.8 Å². The predicted molar refractivity (Wildman–Crippen MR) is 51.4 cm³/mol. The van der Waals surface area contributed by atoms with Crippen molar-refractivity contribution in [1.82, 2.24) is 9.78 Å². The minimum atomic E-state index is -0.551. The monoisotopic (exact) mass is 194 g/mol. The van der Waals surface area contributed by atoms with Gasteiger partial charge in [-0.1, -0.05) is 0 Å². The van der Waals surface area contributed by atoms with Crippen molar-refractivity contribution in [2.75, 3.05) is 5.73 Å². The smallest absolute Gasteiger partial charge is 0.330 e. The molecule has 0 fully saturated rings. The number of nitrogens with two attached hydrogens (primary N) is 1. The first-order valence-electron chi connectivity index (χ1n) is 4.02. The fraction of sp³-hybridized carbons (Fsp3) is 0.375. The van der Waals surface area contributed by atoms with E-state index in [1.165, 1.54) is 4.68 Å². The highest BCUT2D eigenvalue weighted by atomic mass is 16.6. The van der Waals surface area contributed by atoms with Crippen LogP contribution in [0.1, 0.15) is 13.3 Å². The molecule has 0 bridgehead atoms. The normalized spacial score (nSPS) is 9.21. The summed E-state index contributed by atoms with van der Waals surface area (Å²) in [5, 5.41) is 14.2. The zero-order chi connectivity index (χ0) is 10.6. The molecule has 0 amide bonds. The second kappa shape index (κ2) is 4.28. The second-order valence-electron chi connectivity index (χ2n) is 2.57. The first-order valence-corrected chi connectivity index (χ1v) is 4.02. The van der Waals surface area contributed by atoms with Crippen molar-refractivity contribution in [3.8, 4) is 11.8 Å². The Morgan fingerprint density at radius 3 is 3.00 bits per heavy atom. The third-order valence-corrected chi connectivity index (χ3v) is 1.68. The standard InChI is InChI=1S/C8H10N4O2/c1-2-3-4-5-11-8(9)7(6-10-11)12(13)14/h6H,4-5,9H2,1H3. The van der Waals surface area contributed by atoms with Crippen LogP contribution in [0.25, 0.3) is 0 Å². The van der Waals surface area contributed by atoms with Gasteiger partial charge < -0.3 is 5.73 Å². The van der Waals surface area contributed by atoms with E-state index in [1.54, 1.807) is 6.92 Å². The molecule has 74 valence electrons. The van der Waals surface area contributed by atoms with E-state index in [2.05, 4.69) is 16.9 Å². The maximum absolute atomic E-state index is 10.4. The lowest BCUT2D eigenvalue weighted by Crippen LogP contribution is -2.05. The molecule has 1 aromatic rings. The third kappa shape index (κ3) is 2.01. The molecule has 1 rings (SSSR count). The van der Waals surface area contributed by atoms with Gasteiger partial charge in [0.05, 0.1) is 11.5 Å². The van der Waals surface area contributed by atoms with Crippen LogP contribution in [0.15, 0.2) is 6.20 Å². The molecule has 0 radical (unpaired) electrons. The Balaban J connectivity index is 2.77. The van der Waals surface area contributed by atoms with Crippen molar-refractivity contribution in [1.29, 1.82) is 0 Å². The Morgan fingerprint density at radius 2 is 2.50 bits per heavy atom. The van der Waals surface area contributed by atoms with E-state index >= 15 is 0 Å². The molecular weight excluding hydrogens is 184 g/mol. The van der Waals surface area contributed by atoms with Gasteiger partial charge in [-0.3, -0.25) is 10.1 Å². The molecule has 0 aliphatic heterocycles. The van der Waals surface area contributed by atoms with Gasteiger partial charge in [-0.05, 0) is 6.92 Å². The SMILES string of the molecule is CC#CCCn1ncc([N+](=O)[O-])c1N. The van der Waals surface area contributed by atoms with E-state index in [0.29, 0.717) is 13.0 Å². The predicted octanol–water partition coefficient (Wildman–Crippen LogP) is 0.787. The number of anilines is 1. The van der Waals surface area contributed by atoms with E-state index in [1.807, 2.05) is 0 Å². The highest BCUT2D eigenvalue weighted by molar-refractivity contribution is 5.51.